The minimum absolute atomic E-state index is 0.218. The molecular formula is C17H23F2NO. The molecule has 2 aliphatic heterocycles. The van der Waals surface area contributed by atoms with E-state index in [1.54, 1.807) is 19.9 Å². The SMILES string of the molecule is CC(C)(F)C1Cc2c(cc(F)cc2CN2CCCC2)CO1. The minimum Gasteiger partial charge on any atom is -0.370 e. The molecule has 2 nitrogen and oxygen atoms in total. The number of benzene rings is 1. The van der Waals surface area contributed by atoms with E-state index >= 15 is 0 Å². The van der Waals surface area contributed by atoms with Gasteiger partial charge in [0.15, 0.2) is 0 Å². The molecule has 0 aliphatic carbocycles. The van der Waals surface area contributed by atoms with Crippen molar-refractivity contribution < 1.29 is 13.5 Å². The molecule has 0 bridgehead atoms. The molecule has 1 aromatic carbocycles. The van der Waals surface area contributed by atoms with Crippen molar-refractivity contribution in [3.63, 3.8) is 0 Å². The Kier molecular flexibility index (Phi) is 4.02. The van der Waals surface area contributed by atoms with E-state index in [-0.39, 0.29) is 5.82 Å². The highest BCUT2D eigenvalue weighted by Crippen LogP contribution is 2.32. The molecule has 116 valence electrons. The fraction of sp³-hybridized carbons (Fsp3) is 0.647. The van der Waals surface area contributed by atoms with Gasteiger partial charge in [-0.05, 0) is 68.6 Å². The number of alkyl halides is 1. The fourth-order valence-electron chi connectivity index (χ4n) is 3.34. The maximum Gasteiger partial charge on any atom is 0.131 e. The van der Waals surface area contributed by atoms with Gasteiger partial charge in [0, 0.05) is 13.0 Å². The summed E-state index contributed by atoms with van der Waals surface area (Å²) < 4.78 is 33.6. The van der Waals surface area contributed by atoms with Crippen molar-refractivity contribution in [3.8, 4) is 0 Å². The van der Waals surface area contributed by atoms with Crippen molar-refractivity contribution in [2.45, 2.75) is 58.0 Å². The van der Waals surface area contributed by atoms with Gasteiger partial charge in [-0.2, -0.15) is 0 Å². The number of nitrogens with zero attached hydrogens (tertiary/aromatic N) is 1. The lowest BCUT2D eigenvalue weighted by Gasteiger charge is -2.33. The molecule has 21 heavy (non-hydrogen) atoms. The third-order valence-electron chi connectivity index (χ3n) is 4.59. The third kappa shape index (κ3) is 3.27. The summed E-state index contributed by atoms with van der Waals surface area (Å²) in [6.45, 7) is 6.30. The largest absolute Gasteiger partial charge is 0.370 e. The normalized spacial score (nSPS) is 23.3. The van der Waals surface area contributed by atoms with Gasteiger partial charge >= 0.3 is 0 Å². The molecule has 1 aromatic rings. The number of rotatable bonds is 3. The molecule has 3 rings (SSSR count). The van der Waals surface area contributed by atoms with E-state index < -0.39 is 11.8 Å². The first kappa shape index (κ1) is 14.9. The van der Waals surface area contributed by atoms with Crippen LogP contribution in [0.3, 0.4) is 0 Å². The predicted molar refractivity (Wildman–Crippen MR) is 78.4 cm³/mol. The van der Waals surface area contributed by atoms with E-state index in [2.05, 4.69) is 4.90 Å². The third-order valence-corrected chi connectivity index (χ3v) is 4.59. The highest BCUT2D eigenvalue weighted by Gasteiger charge is 2.34. The second-order valence-corrected chi connectivity index (χ2v) is 6.75. The van der Waals surface area contributed by atoms with Crippen molar-refractivity contribution in [2.24, 2.45) is 0 Å². The number of likely N-dealkylation sites (tertiary alicyclic amines) is 1. The second-order valence-electron chi connectivity index (χ2n) is 6.75. The lowest BCUT2D eigenvalue weighted by Crippen LogP contribution is -2.39. The Bertz CT molecular complexity index is 518. The highest BCUT2D eigenvalue weighted by molar-refractivity contribution is 5.38. The van der Waals surface area contributed by atoms with Gasteiger partial charge < -0.3 is 4.74 Å². The highest BCUT2D eigenvalue weighted by atomic mass is 19.1. The van der Waals surface area contributed by atoms with Gasteiger partial charge in [0.25, 0.3) is 0 Å². The molecule has 0 N–H and O–H groups in total. The Balaban J connectivity index is 1.88. The Morgan fingerprint density at radius 3 is 2.67 bits per heavy atom. The first-order chi connectivity index (χ1) is 9.93. The van der Waals surface area contributed by atoms with Gasteiger partial charge in [0.05, 0.1) is 12.7 Å². The number of fused-ring (bicyclic) bond motifs is 1. The molecule has 1 atom stereocenters. The summed E-state index contributed by atoms with van der Waals surface area (Å²) >= 11 is 0. The smallest absolute Gasteiger partial charge is 0.131 e. The zero-order chi connectivity index (χ0) is 15.0. The first-order valence-corrected chi connectivity index (χ1v) is 7.76. The number of ether oxygens (including phenoxy) is 1. The molecule has 0 amide bonds. The lowest BCUT2D eigenvalue weighted by molar-refractivity contribution is -0.0603. The molecule has 2 aliphatic rings. The summed E-state index contributed by atoms with van der Waals surface area (Å²) in [6.07, 6.45) is 2.50. The molecule has 2 heterocycles. The standard InChI is InChI=1S/C17H23F2NO/c1-17(2,19)16-9-15-12(10-20-5-3-4-6-20)7-14(18)8-13(15)11-21-16/h7-8,16H,3-6,9-11H2,1-2H3. The van der Waals surface area contributed by atoms with Crippen LogP contribution in [0.25, 0.3) is 0 Å². The van der Waals surface area contributed by atoms with Gasteiger partial charge in [0.2, 0.25) is 0 Å². The van der Waals surface area contributed by atoms with Crippen LogP contribution in [-0.2, 0) is 24.3 Å². The van der Waals surface area contributed by atoms with E-state index in [0.717, 1.165) is 36.3 Å². The van der Waals surface area contributed by atoms with Crippen LogP contribution < -0.4 is 0 Å². The van der Waals surface area contributed by atoms with E-state index in [1.807, 2.05) is 0 Å². The van der Waals surface area contributed by atoms with Crippen LogP contribution in [0, 0.1) is 5.82 Å². The average Bonchev–Trinajstić information content (AvgIpc) is 2.90. The van der Waals surface area contributed by atoms with Crippen LogP contribution >= 0.6 is 0 Å². The molecule has 0 aromatic heterocycles. The number of halogens is 2. The summed E-state index contributed by atoms with van der Waals surface area (Å²) in [5.41, 5.74) is 1.59. The van der Waals surface area contributed by atoms with Crippen LogP contribution in [0.15, 0.2) is 12.1 Å². The maximum atomic E-state index is 14.2. The Morgan fingerprint density at radius 2 is 2.00 bits per heavy atom. The molecule has 0 saturated carbocycles. The lowest BCUT2D eigenvalue weighted by atomic mass is 9.88. The molecule has 0 radical (unpaired) electrons. The fourth-order valence-corrected chi connectivity index (χ4v) is 3.34. The monoisotopic (exact) mass is 295 g/mol. The molecule has 1 unspecified atom stereocenters. The van der Waals surface area contributed by atoms with Gasteiger partial charge in [-0.25, -0.2) is 8.78 Å². The van der Waals surface area contributed by atoms with Crippen LogP contribution in [0.1, 0.15) is 43.4 Å². The van der Waals surface area contributed by atoms with E-state index in [1.165, 1.54) is 18.9 Å². The van der Waals surface area contributed by atoms with Crippen LogP contribution in [0.5, 0.6) is 0 Å². The zero-order valence-electron chi connectivity index (χ0n) is 12.8. The van der Waals surface area contributed by atoms with Crippen LogP contribution in [0.2, 0.25) is 0 Å². The van der Waals surface area contributed by atoms with Gasteiger partial charge in [0.1, 0.15) is 11.5 Å². The Hall–Kier alpha value is -1.00. The van der Waals surface area contributed by atoms with Crippen molar-refractivity contribution in [2.75, 3.05) is 13.1 Å². The minimum atomic E-state index is -1.38. The first-order valence-electron chi connectivity index (χ1n) is 7.76. The Labute approximate surface area is 125 Å². The van der Waals surface area contributed by atoms with E-state index in [4.69, 9.17) is 4.74 Å². The summed E-state index contributed by atoms with van der Waals surface area (Å²) in [5.74, 6) is -0.218. The van der Waals surface area contributed by atoms with Crippen molar-refractivity contribution in [1.29, 1.82) is 0 Å². The average molecular weight is 295 g/mol. The van der Waals surface area contributed by atoms with Crippen molar-refractivity contribution >= 4 is 0 Å². The van der Waals surface area contributed by atoms with Gasteiger partial charge in [-0.1, -0.05) is 0 Å². The quantitative estimate of drug-likeness (QED) is 0.844. The second kappa shape index (κ2) is 5.65. The van der Waals surface area contributed by atoms with E-state index in [9.17, 15) is 8.78 Å². The number of hydrogen-bond donors (Lipinski definition) is 0. The molecular weight excluding hydrogens is 272 g/mol. The topological polar surface area (TPSA) is 12.5 Å². The predicted octanol–water partition coefficient (Wildman–Crippen LogP) is 3.61. The summed E-state index contributed by atoms with van der Waals surface area (Å²) in [5, 5.41) is 0. The molecule has 1 saturated heterocycles. The molecule has 0 spiro atoms. The maximum absolute atomic E-state index is 14.2. The molecule has 4 heteroatoms. The zero-order valence-corrected chi connectivity index (χ0v) is 12.8. The summed E-state index contributed by atoms with van der Waals surface area (Å²) in [7, 11) is 0. The van der Waals surface area contributed by atoms with Gasteiger partial charge in [-0.3, -0.25) is 4.90 Å². The van der Waals surface area contributed by atoms with Crippen molar-refractivity contribution in [3.05, 3.63) is 34.6 Å². The van der Waals surface area contributed by atoms with Crippen LogP contribution in [-0.4, -0.2) is 29.8 Å². The van der Waals surface area contributed by atoms with Crippen LogP contribution in [0.4, 0.5) is 8.78 Å². The summed E-state index contributed by atoms with van der Waals surface area (Å²) in [6, 6.07) is 3.15. The van der Waals surface area contributed by atoms with E-state index in [0.29, 0.717) is 13.0 Å². The summed E-state index contributed by atoms with van der Waals surface area (Å²) in [4.78, 5) is 2.35. The Morgan fingerprint density at radius 1 is 1.29 bits per heavy atom. The number of hydrogen-bond acceptors (Lipinski definition) is 2. The van der Waals surface area contributed by atoms with Crippen molar-refractivity contribution in [1.82, 2.24) is 4.90 Å². The molecule has 1 fully saturated rings. The van der Waals surface area contributed by atoms with Gasteiger partial charge in [-0.15, -0.1) is 0 Å².